The summed E-state index contributed by atoms with van der Waals surface area (Å²) in [6.45, 7) is 4.33. The quantitative estimate of drug-likeness (QED) is 0.779. The Morgan fingerprint density at radius 1 is 1.28 bits per heavy atom. The third kappa shape index (κ3) is 3.05. The molecule has 0 aromatic heterocycles. The van der Waals surface area contributed by atoms with Crippen LogP contribution in [-0.4, -0.2) is 37.0 Å². The van der Waals surface area contributed by atoms with E-state index in [1.54, 1.807) is 0 Å². The van der Waals surface area contributed by atoms with E-state index in [2.05, 4.69) is 17.1 Å². The topological polar surface area (TPSA) is 32.3 Å². The van der Waals surface area contributed by atoms with Gasteiger partial charge in [-0.1, -0.05) is 19.8 Å². The summed E-state index contributed by atoms with van der Waals surface area (Å²) in [6, 6.07) is 0.560. The molecule has 1 N–H and O–H groups in total. The van der Waals surface area contributed by atoms with Crippen molar-refractivity contribution in [3.05, 3.63) is 0 Å². The van der Waals surface area contributed by atoms with Crippen molar-refractivity contribution in [3.63, 3.8) is 0 Å². The molecule has 0 spiro atoms. The number of carbonyl (C=O) groups is 1. The molecule has 2 aliphatic rings. The third-order valence-electron chi connectivity index (χ3n) is 4.88. The lowest BCUT2D eigenvalue weighted by molar-refractivity contribution is -0.139. The highest BCUT2D eigenvalue weighted by Crippen LogP contribution is 2.38. The zero-order valence-corrected chi connectivity index (χ0v) is 12.0. The fraction of sp³-hybridized carbons (Fsp3) is 0.933. The van der Waals surface area contributed by atoms with Crippen LogP contribution in [0.15, 0.2) is 0 Å². The molecule has 18 heavy (non-hydrogen) atoms. The minimum Gasteiger partial charge on any atom is -0.339 e. The molecule has 1 aliphatic heterocycles. The fourth-order valence-corrected chi connectivity index (χ4v) is 3.78. The van der Waals surface area contributed by atoms with Crippen LogP contribution in [0.5, 0.6) is 0 Å². The Hall–Kier alpha value is -0.570. The van der Waals surface area contributed by atoms with Gasteiger partial charge in [-0.2, -0.15) is 0 Å². The number of hydrogen-bond donors (Lipinski definition) is 1. The first-order valence-corrected chi connectivity index (χ1v) is 7.68. The van der Waals surface area contributed by atoms with Gasteiger partial charge < -0.3 is 10.2 Å². The second-order valence-corrected chi connectivity index (χ2v) is 6.08. The Morgan fingerprint density at radius 2 is 2.06 bits per heavy atom. The maximum absolute atomic E-state index is 12.3. The molecule has 0 aromatic carbocycles. The molecule has 1 saturated carbocycles. The van der Waals surface area contributed by atoms with Crippen LogP contribution in [-0.2, 0) is 4.79 Å². The van der Waals surface area contributed by atoms with Crippen LogP contribution >= 0.6 is 0 Å². The van der Waals surface area contributed by atoms with Crippen LogP contribution in [0.25, 0.3) is 0 Å². The van der Waals surface area contributed by atoms with Gasteiger partial charge in [0, 0.05) is 19.0 Å². The molecule has 3 unspecified atom stereocenters. The van der Waals surface area contributed by atoms with Crippen molar-refractivity contribution in [2.24, 2.45) is 11.8 Å². The SMILES string of the molecule is CNCCCC(=O)N1CCC(C)C2CCCCC21. The number of likely N-dealkylation sites (tertiary alicyclic amines) is 1. The van der Waals surface area contributed by atoms with E-state index >= 15 is 0 Å². The van der Waals surface area contributed by atoms with Gasteiger partial charge >= 0.3 is 0 Å². The lowest BCUT2D eigenvalue weighted by atomic mass is 9.72. The zero-order valence-electron chi connectivity index (χ0n) is 12.0. The summed E-state index contributed by atoms with van der Waals surface area (Å²) in [5.74, 6) is 1.99. The van der Waals surface area contributed by atoms with E-state index < -0.39 is 0 Å². The predicted molar refractivity (Wildman–Crippen MR) is 74.4 cm³/mol. The summed E-state index contributed by atoms with van der Waals surface area (Å²) in [5, 5.41) is 3.12. The molecular weight excluding hydrogens is 224 g/mol. The minimum atomic E-state index is 0.397. The Kier molecular flexibility index (Phi) is 5.04. The lowest BCUT2D eigenvalue weighted by Gasteiger charge is -2.47. The minimum absolute atomic E-state index is 0.397. The number of amides is 1. The maximum Gasteiger partial charge on any atom is 0.222 e. The largest absolute Gasteiger partial charge is 0.339 e. The maximum atomic E-state index is 12.3. The summed E-state index contributed by atoms with van der Waals surface area (Å²) in [6.07, 6.45) is 8.16. The van der Waals surface area contributed by atoms with Crippen molar-refractivity contribution < 1.29 is 4.79 Å². The first kappa shape index (κ1) is 13.9. The highest BCUT2D eigenvalue weighted by molar-refractivity contribution is 5.76. The molecule has 104 valence electrons. The first-order chi connectivity index (χ1) is 8.74. The Labute approximate surface area is 111 Å². The lowest BCUT2D eigenvalue weighted by Crippen LogP contribution is -2.52. The number of nitrogens with one attached hydrogen (secondary N) is 1. The number of rotatable bonds is 4. The Balaban J connectivity index is 1.92. The van der Waals surface area contributed by atoms with Gasteiger partial charge in [-0.05, 0) is 51.1 Å². The monoisotopic (exact) mass is 252 g/mol. The second-order valence-electron chi connectivity index (χ2n) is 6.08. The molecular formula is C15H28N2O. The summed E-state index contributed by atoms with van der Waals surface area (Å²) in [5.41, 5.74) is 0. The van der Waals surface area contributed by atoms with Crippen molar-refractivity contribution in [2.45, 2.75) is 57.9 Å². The van der Waals surface area contributed by atoms with E-state index in [-0.39, 0.29) is 0 Å². The summed E-state index contributed by atoms with van der Waals surface area (Å²) >= 11 is 0. The predicted octanol–water partition coefficient (Wildman–Crippen LogP) is 2.41. The molecule has 0 radical (unpaired) electrons. The number of carbonyl (C=O) groups excluding carboxylic acids is 1. The normalized spacial score (nSPS) is 32.1. The van der Waals surface area contributed by atoms with Crippen molar-refractivity contribution in [1.29, 1.82) is 0 Å². The highest BCUT2D eigenvalue weighted by atomic mass is 16.2. The van der Waals surface area contributed by atoms with Gasteiger partial charge in [0.05, 0.1) is 0 Å². The van der Waals surface area contributed by atoms with E-state index in [0.29, 0.717) is 11.9 Å². The number of nitrogens with zero attached hydrogens (tertiary/aromatic N) is 1. The molecule has 0 bridgehead atoms. The van der Waals surface area contributed by atoms with Gasteiger partial charge in [-0.3, -0.25) is 4.79 Å². The van der Waals surface area contributed by atoms with Crippen LogP contribution in [0, 0.1) is 11.8 Å². The van der Waals surface area contributed by atoms with Crippen molar-refractivity contribution in [2.75, 3.05) is 20.1 Å². The highest BCUT2D eigenvalue weighted by Gasteiger charge is 2.38. The number of fused-ring (bicyclic) bond motifs is 1. The Bertz CT molecular complexity index is 280. The fourth-order valence-electron chi connectivity index (χ4n) is 3.78. The first-order valence-electron chi connectivity index (χ1n) is 7.68. The summed E-state index contributed by atoms with van der Waals surface area (Å²) in [7, 11) is 1.95. The number of hydrogen-bond acceptors (Lipinski definition) is 2. The van der Waals surface area contributed by atoms with E-state index in [0.717, 1.165) is 37.8 Å². The standard InChI is InChI=1S/C15H28N2O/c1-12-9-11-17(15(18)8-5-10-16-2)14-7-4-3-6-13(12)14/h12-14,16H,3-11H2,1-2H3. The summed E-state index contributed by atoms with van der Waals surface area (Å²) < 4.78 is 0. The molecule has 0 aromatic rings. The molecule has 2 rings (SSSR count). The summed E-state index contributed by atoms with van der Waals surface area (Å²) in [4.78, 5) is 14.6. The van der Waals surface area contributed by atoms with Crippen molar-refractivity contribution >= 4 is 5.91 Å². The van der Waals surface area contributed by atoms with Crippen LogP contribution in [0.3, 0.4) is 0 Å². The molecule has 3 atom stereocenters. The smallest absolute Gasteiger partial charge is 0.222 e. The van der Waals surface area contributed by atoms with E-state index in [1.165, 1.54) is 32.1 Å². The molecule has 1 heterocycles. The van der Waals surface area contributed by atoms with Gasteiger partial charge in [0.15, 0.2) is 0 Å². The molecule has 1 saturated heterocycles. The van der Waals surface area contributed by atoms with E-state index in [4.69, 9.17) is 0 Å². The van der Waals surface area contributed by atoms with Gasteiger partial charge in [-0.25, -0.2) is 0 Å². The molecule has 2 fully saturated rings. The van der Waals surface area contributed by atoms with Gasteiger partial charge in [0.1, 0.15) is 0 Å². The van der Waals surface area contributed by atoms with Crippen LogP contribution in [0.4, 0.5) is 0 Å². The molecule has 3 nitrogen and oxygen atoms in total. The van der Waals surface area contributed by atoms with Gasteiger partial charge in [-0.15, -0.1) is 0 Å². The van der Waals surface area contributed by atoms with Crippen molar-refractivity contribution in [1.82, 2.24) is 10.2 Å². The van der Waals surface area contributed by atoms with Crippen LogP contribution < -0.4 is 5.32 Å². The molecule has 1 aliphatic carbocycles. The average Bonchev–Trinajstić information content (AvgIpc) is 2.39. The Morgan fingerprint density at radius 3 is 2.83 bits per heavy atom. The third-order valence-corrected chi connectivity index (χ3v) is 4.88. The van der Waals surface area contributed by atoms with E-state index in [9.17, 15) is 4.79 Å². The molecule has 1 amide bonds. The second kappa shape index (κ2) is 6.55. The number of piperidine rings is 1. The zero-order chi connectivity index (χ0) is 13.0. The van der Waals surface area contributed by atoms with Gasteiger partial charge in [0.25, 0.3) is 0 Å². The van der Waals surface area contributed by atoms with E-state index in [1.807, 2.05) is 7.05 Å². The molecule has 3 heteroatoms. The van der Waals surface area contributed by atoms with Crippen molar-refractivity contribution in [3.8, 4) is 0 Å². The van der Waals surface area contributed by atoms with Crippen LogP contribution in [0.1, 0.15) is 51.9 Å². The average molecular weight is 252 g/mol. The van der Waals surface area contributed by atoms with Gasteiger partial charge in [0.2, 0.25) is 5.91 Å². The van der Waals surface area contributed by atoms with Crippen LogP contribution in [0.2, 0.25) is 0 Å².